The molecule has 100 valence electrons. The van der Waals surface area contributed by atoms with Gasteiger partial charge in [0.1, 0.15) is 5.69 Å². The van der Waals surface area contributed by atoms with Gasteiger partial charge in [-0.3, -0.25) is 4.72 Å². The summed E-state index contributed by atoms with van der Waals surface area (Å²) in [6.45, 7) is 0. The van der Waals surface area contributed by atoms with E-state index in [0.717, 1.165) is 11.3 Å². The van der Waals surface area contributed by atoms with Gasteiger partial charge in [0, 0.05) is 11.6 Å². The Balaban J connectivity index is 2.19. The lowest BCUT2D eigenvalue weighted by molar-refractivity contribution is -0.445. The van der Waals surface area contributed by atoms with Crippen molar-refractivity contribution in [2.24, 2.45) is 0 Å². The Morgan fingerprint density at radius 1 is 1.26 bits per heavy atom. The van der Waals surface area contributed by atoms with Crippen molar-refractivity contribution in [2.75, 3.05) is 10.1 Å². The van der Waals surface area contributed by atoms with E-state index in [1.165, 1.54) is 30.5 Å². The zero-order chi connectivity index (χ0) is 13.9. The second-order valence-electron chi connectivity index (χ2n) is 3.34. The van der Waals surface area contributed by atoms with Gasteiger partial charge in [-0.1, -0.05) is 0 Å². The molecule has 0 spiro atoms. The lowest BCUT2D eigenvalue weighted by Gasteiger charge is -2.05. The van der Waals surface area contributed by atoms with Crippen LogP contribution in [0.1, 0.15) is 0 Å². The van der Waals surface area contributed by atoms with Gasteiger partial charge >= 0.3 is 0 Å². The fourth-order valence-corrected chi connectivity index (χ4v) is 3.05. The number of nitrogens with one attached hydrogen (secondary N) is 2. The van der Waals surface area contributed by atoms with Crippen LogP contribution in [0.2, 0.25) is 0 Å². The Bertz CT molecular complexity index is 667. The van der Waals surface area contributed by atoms with Crippen molar-refractivity contribution in [1.29, 1.82) is 0 Å². The van der Waals surface area contributed by atoms with Crippen LogP contribution in [0.4, 0.5) is 10.8 Å². The first kappa shape index (κ1) is 13.2. The number of rotatable bonds is 5. The summed E-state index contributed by atoms with van der Waals surface area (Å²) in [7, 11) is -3.73. The van der Waals surface area contributed by atoms with Crippen LogP contribution in [-0.4, -0.2) is 18.4 Å². The SMILES string of the molecule is O=[N+]([O-])Nc1ccc(S(=O)(=O)Nc2nccs2)cc1. The predicted octanol–water partition coefficient (Wildman–Crippen LogP) is 1.55. The highest BCUT2D eigenvalue weighted by atomic mass is 32.2. The molecule has 2 aromatic rings. The Morgan fingerprint density at radius 2 is 1.95 bits per heavy atom. The third-order valence-electron chi connectivity index (χ3n) is 2.04. The highest BCUT2D eigenvalue weighted by Crippen LogP contribution is 2.19. The standard InChI is InChI=1S/C9H8N4O4S2/c14-13(15)11-7-1-3-8(4-2-7)19(16,17)12-9-10-5-6-18-9/h1-6,11H,(H,10,12). The summed E-state index contributed by atoms with van der Waals surface area (Å²) in [5.41, 5.74) is 2.12. The maximum absolute atomic E-state index is 11.9. The molecule has 1 aromatic carbocycles. The highest BCUT2D eigenvalue weighted by molar-refractivity contribution is 7.93. The molecular weight excluding hydrogens is 292 g/mol. The summed E-state index contributed by atoms with van der Waals surface area (Å²) in [6, 6.07) is 5.14. The minimum absolute atomic E-state index is 0.00315. The van der Waals surface area contributed by atoms with Gasteiger partial charge in [-0.05, 0) is 24.3 Å². The molecule has 0 bridgehead atoms. The predicted molar refractivity (Wildman–Crippen MR) is 70.0 cm³/mol. The minimum atomic E-state index is -3.73. The molecule has 10 heteroatoms. The number of nitro groups is 1. The van der Waals surface area contributed by atoms with Gasteiger partial charge in [0.15, 0.2) is 10.2 Å². The minimum Gasteiger partial charge on any atom is -0.255 e. The maximum Gasteiger partial charge on any atom is 0.263 e. The number of hydrogen-bond donors (Lipinski definition) is 2. The Morgan fingerprint density at radius 3 is 2.47 bits per heavy atom. The van der Waals surface area contributed by atoms with E-state index < -0.39 is 15.1 Å². The van der Waals surface area contributed by atoms with Crippen molar-refractivity contribution in [1.82, 2.24) is 4.98 Å². The van der Waals surface area contributed by atoms with Gasteiger partial charge in [0.25, 0.3) is 10.0 Å². The first-order valence-corrected chi connectivity index (χ1v) is 7.27. The van der Waals surface area contributed by atoms with Crippen molar-refractivity contribution in [3.63, 3.8) is 0 Å². The van der Waals surface area contributed by atoms with Crippen LogP contribution < -0.4 is 10.1 Å². The molecule has 2 rings (SSSR count). The van der Waals surface area contributed by atoms with E-state index in [1.807, 2.05) is 5.43 Å². The highest BCUT2D eigenvalue weighted by Gasteiger charge is 2.15. The molecule has 19 heavy (non-hydrogen) atoms. The number of thiazole rings is 1. The molecule has 2 N–H and O–H groups in total. The van der Waals surface area contributed by atoms with E-state index in [0.29, 0.717) is 0 Å². The van der Waals surface area contributed by atoms with Gasteiger partial charge in [-0.15, -0.1) is 16.8 Å². The summed E-state index contributed by atoms with van der Waals surface area (Å²) < 4.78 is 26.2. The summed E-state index contributed by atoms with van der Waals surface area (Å²) in [4.78, 5) is 14.0. The van der Waals surface area contributed by atoms with Crippen LogP contribution in [0, 0.1) is 10.1 Å². The number of hydrazine groups is 1. The van der Waals surface area contributed by atoms with Crippen LogP contribution in [0.15, 0.2) is 40.7 Å². The van der Waals surface area contributed by atoms with E-state index in [-0.39, 0.29) is 15.7 Å². The molecule has 0 fully saturated rings. The van der Waals surface area contributed by atoms with E-state index >= 15 is 0 Å². The van der Waals surface area contributed by atoms with Gasteiger partial charge in [-0.25, -0.2) is 23.5 Å². The lowest BCUT2D eigenvalue weighted by atomic mass is 10.3. The molecule has 0 saturated heterocycles. The summed E-state index contributed by atoms with van der Waals surface area (Å²) in [5.74, 6) is 0. The van der Waals surface area contributed by atoms with Crippen LogP contribution in [0.3, 0.4) is 0 Å². The fourth-order valence-electron chi connectivity index (χ4n) is 1.26. The first-order valence-electron chi connectivity index (χ1n) is 4.91. The molecule has 1 heterocycles. The zero-order valence-corrected chi connectivity index (χ0v) is 10.9. The van der Waals surface area contributed by atoms with E-state index in [9.17, 15) is 18.5 Å². The molecule has 1 aromatic heterocycles. The largest absolute Gasteiger partial charge is 0.263 e. The van der Waals surface area contributed by atoms with Crippen LogP contribution in [-0.2, 0) is 10.0 Å². The summed E-state index contributed by atoms with van der Waals surface area (Å²) >= 11 is 1.15. The van der Waals surface area contributed by atoms with Crippen molar-refractivity contribution in [3.8, 4) is 0 Å². The van der Waals surface area contributed by atoms with Gasteiger partial charge in [0.05, 0.1) is 4.90 Å². The third kappa shape index (κ3) is 3.39. The number of hydrogen-bond acceptors (Lipinski definition) is 6. The fraction of sp³-hybridized carbons (Fsp3) is 0. The number of anilines is 2. The molecule has 8 nitrogen and oxygen atoms in total. The molecular formula is C9H8N4O4S2. The van der Waals surface area contributed by atoms with Crippen molar-refractivity contribution in [3.05, 3.63) is 46.0 Å². The van der Waals surface area contributed by atoms with E-state index in [1.54, 1.807) is 5.38 Å². The van der Waals surface area contributed by atoms with Crippen molar-refractivity contribution < 1.29 is 13.5 Å². The molecule has 0 aliphatic carbocycles. The first-order chi connectivity index (χ1) is 8.97. The van der Waals surface area contributed by atoms with Gasteiger partial charge in [-0.2, -0.15) is 0 Å². The van der Waals surface area contributed by atoms with Crippen LogP contribution in [0.5, 0.6) is 0 Å². The number of aromatic nitrogens is 1. The maximum atomic E-state index is 11.9. The topological polar surface area (TPSA) is 114 Å². The Hall–Kier alpha value is -2.20. The molecule has 0 atom stereocenters. The average molecular weight is 300 g/mol. The number of sulfonamides is 1. The van der Waals surface area contributed by atoms with E-state index in [2.05, 4.69) is 9.71 Å². The summed E-state index contributed by atoms with van der Waals surface area (Å²) in [6.07, 6.45) is 1.48. The number of nitrogens with zero attached hydrogens (tertiary/aromatic N) is 2. The van der Waals surface area contributed by atoms with Gasteiger partial charge in [0.2, 0.25) is 0 Å². The van der Waals surface area contributed by atoms with Crippen molar-refractivity contribution in [2.45, 2.75) is 4.90 Å². The monoisotopic (exact) mass is 300 g/mol. The second kappa shape index (κ2) is 5.20. The quantitative estimate of drug-likeness (QED) is 0.639. The Kier molecular flexibility index (Phi) is 3.62. The Labute approximate surface area is 112 Å². The molecule has 0 saturated carbocycles. The van der Waals surface area contributed by atoms with E-state index in [4.69, 9.17) is 0 Å². The molecule has 0 amide bonds. The second-order valence-corrected chi connectivity index (χ2v) is 5.91. The lowest BCUT2D eigenvalue weighted by Crippen LogP contribution is -2.13. The summed E-state index contributed by atoms with van der Waals surface area (Å²) in [5, 5.41) is 11.4. The third-order valence-corrected chi connectivity index (χ3v) is 4.21. The molecule has 0 aliphatic rings. The number of benzene rings is 1. The molecule has 0 radical (unpaired) electrons. The normalized spacial score (nSPS) is 10.9. The van der Waals surface area contributed by atoms with Crippen LogP contribution in [0.25, 0.3) is 0 Å². The average Bonchev–Trinajstić information content (AvgIpc) is 2.81. The van der Waals surface area contributed by atoms with Gasteiger partial charge < -0.3 is 0 Å². The molecule has 0 aliphatic heterocycles. The van der Waals surface area contributed by atoms with Crippen LogP contribution >= 0.6 is 11.3 Å². The van der Waals surface area contributed by atoms with Crippen molar-refractivity contribution >= 4 is 32.2 Å². The molecule has 0 unspecified atom stereocenters. The zero-order valence-electron chi connectivity index (χ0n) is 9.31. The smallest absolute Gasteiger partial charge is 0.255 e.